The first-order valence-corrected chi connectivity index (χ1v) is 3.23. The van der Waals surface area contributed by atoms with Crippen molar-refractivity contribution in [3.63, 3.8) is 0 Å². The van der Waals surface area contributed by atoms with E-state index in [4.69, 9.17) is 5.11 Å². The van der Waals surface area contributed by atoms with Crippen molar-refractivity contribution in [1.82, 2.24) is 9.97 Å². The summed E-state index contributed by atoms with van der Waals surface area (Å²) < 4.78 is 0. The maximum absolute atomic E-state index is 8.93. The molecule has 10 heavy (non-hydrogen) atoms. The van der Waals surface area contributed by atoms with Gasteiger partial charge in [0.25, 0.3) is 0 Å². The molecular formula is C7H10N2O. The normalized spacial score (nSPS) is 13.0. The summed E-state index contributed by atoms with van der Waals surface area (Å²) in [6.45, 7) is 1.72. The van der Waals surface area contributed by atoms with Gasteiger partial charge in [0.2, 0.25) is 0 Å². The Kier molecular flexibility index (Phi) is 2.34. The number of nitrogens with zero attached hydrogens (tertiary/aromatic N) is 2. The van der Waals surface area contributed by atoms with Crippen molar-refractivity contribution in [2.75, 3.05) is 0 Å². The molecule has 54 valence electrons. The van der Waals surface area contributed by atoms with Crippen molar-refractivity contribution in [3.8, 4) is 0 Å². The minimum Gasteiger partial charge on any atom is -0.393 e. The van der Waals surface area contributed by atoms with Gasteiger partial charge in [-0.3, -0.25) is 0 Å². The molecule has 0 bridgehead atoms. The zero-order valence-corrected chi connectivity index (χ0v) is 5.86. The highest BCUT2D eigenvalue weighted by atomic mass is 16.3. The molecule has 0 aliphatic heterocycles. The Morgan fingerprint density at radius 3 is 2.60 bits per heavy atom. The largest absolute Gasteiger partial charge is 0.393 e. The molecule has 0 saturated carbocycles. The van der Waals surface area contributed by atoms with Crippen molar-refractivity contribution >= 4 is 0 Å². The van der Waals surface area contributed by atoms with Crippen LogP contribution >= 0.6 is 0 Å². The lowest BCUT2D eigenvalue weighted by atomic mass is 10.3. The number of rotatable bonds is 2. The summed E-state index contributed by atoms with van der Waals surface area (Å²) in [4.78, 5) is 7.90. The molecule has 1 aromatic heterocycles. The average molecular weight is 138 g/mol. The topological polar surface area (TPSA) is 46.0 Å². The molecule has 0 fully saturated rings. The lowest BCUT2D eigenvalue weighted by Gasteiger charge is -1.99. The fraction of sp³-hybridized carbons (Fsp3) is 0.429. The molecule has 0 spiro atoms. The van der Waals surface area contributed by atoms with Crippen molar-refractivity contribution in [2.24, 2.45) is 0 Å². The van der Waals surface area contributed by atoms with E-state index in [-0.39, 0.29) is 6.10 Å². The SMILES string of the molecule is C[C@@H](O)Cc1ncccn1. The van der Waals surface area contributed by atoms with Crippen LogP contribution in [0.25, 0.3) is 0 Å². The Morgan fingerprint density at radius 1 is 1.50 bits per heavy atom. The Balaban J connectivity index is 2.59. The molecule has 0 amide bonds. The molecule has 0 saturated heterocycles. The van der Waals surface area contributed by atoms with Crippen LogP contribution < -0.4 is 0 Å². The Morgan fingerprint density at radius 2 is 2.10 bits per heavy atom. The standard InChI is InChI=1S/C7H10N2O/c1-6(10)5-7-8-3-2-4-9-7/h2-4,6,10H,5H2,1H3/t6-/m1/s1. The zero-order valence-electron chi connectivity index (χ0n) is 5.86. The van der Waals surface area contributed by atoms with Crippen LogP contribution in [0, 0.1) is 0 Å². The van der Waals surface area contributed by atoms with Crippen LogP contribution in [0.3, 0.4) is 0 Å². The highest BCUT2D eigenvalue weighted by molar-refractivity contribution is 4.89. The predicted octanol–water partition coefficient (Wildman–Crippen LogP) is 0.400. The lowest BCUT2D eigenvalue weighted by Crippen LogP contribution is -2.06. The van der Waals surface area contributed by atoms with Gasteiger partial charge in [-0.1, -0.05) is 0 Å². The fourth-order valence-corrected chi connectivity index (χ4v) is 0.700. The highest BCUT2D eigenvalue weighted by Crippen LogP contribution is 1.92. The monoisotopic (exact) mass is 138 g/mol. The van der Waals surface area contributed by atoms with Gasteiger partial charge < -0.3 is 5.11 Å². The van der Waals surface area contributed by atoms with E-state index in [1.807, 2.05) is 0 Å². The van der Waals surface area contributed by atoms with Gasteiger partial charge in [0.15, 0.2) is 0 Å². The van der Waals surface area contributed by atoms with Gasteiger partial charge in [-0.05, 0) is 13.0 Å². The van der Waals surface area contributed by atoms with Gasteiger partial charge in [-0.15, -0.1) is 0 Å². The van der Waals surface area contributed by atoms with Crippen LogP contribution in [0.4, 0.5) is 0 Å². The molecule has 3 nitrogen and oxygen atoms in total. The molecule has 1 aromatic rings. The van der Waals surface area contributed by atoms with E-state index in [1.165, 1.54) is 0 Å². The molecule has 1 N–H and O–H groups in total. The first-order chi connectivity index (χ1) is 4.79. The minimum atomic E-state index is -0.359. The molecule has 0 aromatic carbocycles. The first kappa shape index (κ1) is 7.15. The van der Waals surface area contributed by atoms with E-state index in [1.54, 1.807) is 25.4 Å². The van der Waals surface area contributed by atoms with Gasteiger partial charge in [-0.2, -0.15) is 0 Å². The van der Waals surface area contributed by atoms with E-state index in [2.05, 4.69) is 9.97 Å². The van der Waals surface area contributed by atoms with Crippen LogP contribution in [0.15, 0.2) is 18.5 Å². The van der Waals surface area contributed by atoms with Crippen LogP contribution in [-0.4, -0.2) is 21.2 Å². The van der Waals surface area contributed by atoms with Gasteiger partial charge in [0.05, 0.1) is 6.10 Å². The number of aromatic nitrogens is 2. The first-order valence-electron chi connectivity index (χ1n) is 3.23. The minimum absolute atomic E-state index is 0.359. The van der Waals surface area contributed by atoms with E-state index >= 15 is 0 Å². The maximum atomic E-state index is 8.93. The fourth-order valence-electron chi connectivity index (χ4n) is 0.700. The van der Waals surface area contributed by atoms with Crippen LogP contribution in [0.2, 0.25) is 0 Å². The van der Waals surface area contributed by atoms with Crippen molar-refractivity contribution in [2.45, 2.75) is 19.4 Å². The Labute approximate surface area is 59.8 Å². The summed E-state index contributed by atoms with van der Waals surface area (Å²) in [5.41, 5.74) is 0. The summed E-state index contributed by atoms with van der Waals surface area (Å²) >= 11 is 0. The predicted molar refractivity (Wildman–Crippen MR) is 37.4 cm³/mol. The summed E-state index contributed by atoms with van der Waals surface area (Å²) in [5.74, 6) is 0.692. The number of hydrogen-bond acceptors (Lipinski definition) is 3. The van der Waals surface area contributed by atoms with Gasteiger partial charge in [0, 0.05) is 18.8 Å². The summed E-state index contributed by atoms with van der Waals surface area (Å²) in [6, 6.07) is 1.76. The zero-order chi connectivity index (χ0) is 7.40. The number of hydrogen-bond donors (Lipinski definition) is 1. The van der Waals surface area contributed by atoms with E-state index in [0.29, 0.717) is 12.2 Å². The maximum Gasteiger partial charge on any atom is 0.130 e. The summed E-state index contributed by atoms with van der Waals surface area (Å²) in [6.07, 6.45) is 3.51. The number of aliphatic hydroxyl groups is 1. The van der Waals surface area contributed by atoms with E-state index in [9.17, 15) is 0 Å². The molecule has 0 aliphatic carbocycles. The van der Waals surface area contributed by atoms with Crippen LogP contribution in [0.1, 0.15) is 12.7 Å². The molecule has 3 heteroatoms. The van der Waals surface area contributed by atoms with E-state index < -0.39 is 0 Å². The van der Waals surface area contributed by atoms with Crippen LogP contribution in [-0.2, 0) is 6.42 Å². The van der Waals surface area contributed by atoms with Gasteiger partial charge in [-0.25, -0.2) is 9.97 Å². The molecule has 1 rings (SSSR count). The molecule has 1 heterocycles. The summed E-state index contributed by atoms with van der Waals surface area (Å²) in [5, 5.41) is 8.93. The molecule has 0 radical (unpaired) electrons. The van der Waals surface area contributed by atoms with E-state index in [0.717, 1.165) is 0 Å². The van der Waals surface area contributed by atoms with Crippen LogP contribution in [0.5, 0.6) is 0 Å². The smallest absolute Gasteiger partial charge is 0.130 e. The second-order valence-electron chi connectivity index (χ2n) is 2.22. The molecule has 0 aliphatic rings. The third kappa shape index (κ3) is 2.11. The second-order valence-corrected chi connectivity index (χ2v) is 2.22. The summed E-state index contributed by atoms with van der Waals surface area (Å²) in [7, 11) is 0. The van der Waals surface area contributed by atoms with Gasteiger partial charge in [0.1, 0.15) is 5.82 Å². The molecule has 0 unspecified atom stereocenters. The third-order valence-corrected chi connectivity index (χ3v) is 1.10. The van der Waals surface area contributed by atoms with Crippen molar-refractivity contribution < 1.29 is 5.11 Å². The average Bonchev–Trinajstić information content (AvgIpc) is 1.88. The lowest BCUT2D eigenvalue weighted by molar-refractivity contribution is 0.193. The quantitative estimate of drug-likeness (QED) is 0.643. The Bertz CT molecular complexity index is 186. The highest BCUT2D eigenvalue weighted by Gasteiger charge is 1.98. The van der Waals surface area contributed by atoms with Crippen molar-refractivity contribution in [3.05, 3.63) is 24.3 Å². The number of aliphatic hydroxyl groups excluding tert-OH is 1. The Hall–Kier alpha value is -0.960. The second kappa shape index (κ2) is 3.27. The molecule has 1 atom stereocenters. The van der Waals surface area contributed by atoms with Crippen molar-refractivity contribution in [1.29, 1.82) is 0 Å². The molecular weight excluding hydrogens is 128 g/mol. The van der Waals surface area contributed by atoms with Gasteiger partial charge >= 0.3 is 0 Å². The third-order valence-electron chi connectivity index (χ3n) is 1.10.